The first-order chi connectivity index (χ1) is 17.1. The van der Waals surface area contributed by atoms with E-state index < -0.39 is 22.8 Å². The minimum atomic E-state index is -1.36. The molecule has 2 aliphatic rings. The molecule has 190 valence electrons. The molecule has 5 rings (SSSR count). The molecular weight excluding hydrogens is 459 g/mol. The van der Waals surface area contributed by atoms with Crippen LogP contribution in [0.25, 0.3) is 10.9 Å². The summed E-state index contributed by atoms with van der Waals surface area (Å²) in [5, 5.41) is 16.5. The van der Waals surface area contributed by atoms with E-state index in [0.717, 1.165) is 25.7 Å². The molecule has 2 aromatic carbocycles. The van der Waals surface area contributed by atoms with Gasteiger partial charge >= 0.3 is 5.97 Å². The number of nitrogens with two attached hydrogens (primary N) is 1. The van der Waals surface area contributed by atoms with Crippen LogP contribution in [0.2, 0.25) is 0 Å². The van der Waals surface area contributed by atoms with Crippen molar-refractivity contribution in [3.63, 3.8) is 0 Å². The van der Waals surface area contributed by atoms with E-state index in [2.05, 4.69) is 41.8 Å². The zero-order valence-corrected chi connectivity index (χ0v) is 20.8. The molecule has 1 heterocycles. The summed E-state index contributed by atoms with van der Waals surface area (Å²) < 4.78 is 17.1. The molecule has 8 heteroatoms. The molecule has 3 aromatic rings. The van der Waals surface area contributed by atoms with Crippen molar-refractivity contribution in [1.29, 1.82) is 0 Å². The Morgan fingerprint density at radius 3 is 2.58 bits per heavy atom. The van der Waals surface area contributed by atoms with Crippen LogP contribution in [0.15, 0.2) is 47.4 Å². The van der Waals surface area contributed by atoms with Gasteiger partial charge in [-0.2, -0.15) is 0 Å². The van der Waals surface area contributed by atoms with Crippen LogP contribution in [0.4, 0.5) is 15.8 Å². The number of halogens is 1. The number of carboxylic acid groups (broad SMARTS) is 1. The second kappa shape index (κ2) is 8.92. The number of nitrogen functional groups attached to an aromatic ring is 1. The Bertz CT molecular complexity index is 1380. The van der Waals surface area contributed by atoms with Crippen molar-refractivity contribution in [2.45, 2.75) is 76.0 Å². The molecule has 1 aromatic heterocycles. The van der Waals surface area contributed by atoms with Gasteiger partial charge in [0.1, 0.15) is 5.56 Å². The Kier molecular flexibility index (Phi) is 6.03. The fraction of sp³-hybridized carbons (Fsp3) is 0.429. The summed E-state index contributed by atoms with van der Waals surface area (Å²) in [5.41, 5.74) is 6.36. The monoisotopic (exact) mass is 492 g/mol. The van der Waals surface area contributed by atoms with Crippen LogP contribution in [0.3, 0.4) is 0 Å². The van der Waals surface area contributed by atoms with E-state index in [0.29, 0.717) is 23.5 Å². The standard InChI is InChI=1S/C28H33FN4O3/c1-4-28(12-17(13-28)31-20-10-18(20)16-8-6-5-7-9-16)32-21-11-22-23(25(30)24(21)29)26(34)19(27(35)36)14-33(22)15(2)3/h5-9,11,14-15,17-18,20,31-32H,4,10,12-13,30H2,1-3H3,(H,35,36)/t17-,18-,20+,28+/m0/s1. The maximum atomic E-state index is 15.5. The second-order valence-electron chi connectivity index (χ2n) is 10.6. The largest absolute Gasteiger partial charge is 0.477 e. The fourth-order valence-electron chi connectivity index (χ4n) is 5.70. The molecule has 0 radical (unpaired) electrons. The van der Waals surface area contributed by atoms with Gasteiger partial charge in [-0.15, -0.1) is 0 Å². The SMILES string of the molecule is CC[C@]1(Nc2cc3c(c(N)c2F)c(=O)c(C(=O)O)cn3C(C)C)C[C@@H](N[C@@H]2C[C@H]2c2ccccc2)C1. The van der Waals surface area contributed by atoms with Gasteiger partial charge in [0.15, 0.2) is 5.82 Å². The van der Waals surface area contributed by atoms with E-state index in [1.807, 2.05) is 19.9 Å². The number of nitrogens with one attached hydrogen (secondary N) is 2. The van der Waals surface area contributed by atoms with Crippen LogP contribution in [0.1, 0.15) is 74.3 Å². The van der Waals surface area contributed by atoms with E-state index in [4.69, 9.17) is 5.73 Å². The Morgan fingerprint density at radius 2 is 1.97 bits per heavy atom. The quantitative estimate of drug-likeness (QED) is 0.334. The van der Waals surface area contributed by atoms with Crippen LogP contribution in [-0.2, 0) is 0 Å². The number of rotatable bonds is 8. The van der Waals surface area contributed by atoms with Crippen molar-refractivity contribution >= 4 is 28.2 Å². The molecule has 0 unspecified atom stereocenters. The van der Waals surface area contributed by atoms with E-state index in [-0.39, 0.29) is 28.3 Å². The first-order valence-electron chi connectivity index (χ1n) is 12.6. The van der Waals surface area contributed by atoms with Crippen LogP contribution < -0.4 is 21.8 Å². The fourth-order valence-corrected chi connectivity index (χ4v) is 5.70. The molecule has 0 spiro atoms. The van der Waals surface area contributed by atoms with E-state index >= 15 is 4.39 Å². The third kappa shape index (κ3) is 4.13. The average molecular weight is 493 g/mol. The summed E-state index contributed by atoms with van der Waals surface area (Å²) in [4.78, 5) is 24.5. The van der Waals surface area contributed by atoms with Crippen molar-refractivity contribution in [3.8, 4) is 0 Å². The molecule has 0 bridgehead atoms. The molecule has 2 aliphatic carbocycles. The maximum Gasteiger partial charge on any atom is 0.341 e. The van der Waals surface area contributed by atoms with Gasteiger partial charge in [0.2, 0.25) is 5.43 Å². The van der Waals surface area contributed by atoms with Crippen molar-refractivity contribution < 1.29 is 14.3 Å². The highest BCUT2D eigenvalue weighted by Gasteiger charge is 2.47. The highest BCUT2D eigenvalue weighted by Crippen LogP contribution is 2.45. The molecular formula is C28H33FN4O3. The number of carboxylic acids is 1. The van der Waals surface area contributed by atoms with E-state index in [1.54, 1.807) is 10.6 Å². The molecule has 0 saturated heterocycles. The number of anilines is 2. The number of aromatic carboxylic acids is 1. The van der Waals surface area contributed by atoms with Gasteiger partial charge in [-0.05, 0) is 51.2 Å². The number of benzene rings is 2. The van der Waals surface area contributed by atoms with Gasteiger partial charge in [0.05, 0.1) is 22.3 Å². The Balaban J connectivity index is 1.38. The lowest BCUT2D eigenvalue weighted by molar-refractivity contribution is 0.0694. The van der Waals surface area contributed by atoms with Gasteiger partial charge in [-0.1, -0.05) is 37.3 Å². The van der Waals surface area contributed by atoms with Crippen LogP contribution in [0.5, 0.6) is 0 Å². The minimum absolute atomic E-state index is 0.0916. The molecule has 2 atom stereocenters. The molecule has 2 saturated carbocycles. The third-order valence-electron chi connectivity index (χ3n) is 7.90. The average Bonchev–Trinajstić information content (AvgIpc) is 3.60. The summed E-state index contributed by atoms with van der Waals surface area (Å²) in [7, 11) is 0. The number of hydrogen-bond acceptors (Lipinski definition) is 5. The number of nitrogens with zero attached hydrogens (tertiary/aromatic N) is 1. The summed E-state index contributed by atoms with van der Waals surface area (Å²) in [6.45, 7) is 5.83. The van der Waals surface area contributed by atoms with E-state index in [1.165, 1.54) is 11.8 Å². The number of aromatic nitrogens is 1. The lowest BCUT2D eigenvalue weighted by Gasteiger charge is -2.49. The van der Waals surface area contributed by atoms with Crippen molar-refractivity contribution in [2.75, 3.05) is 11.1 Å². The summed E-state index contributed by atoms with van der Waals surface area (Å²) in [6, 6.07) is 12.8. The predicted molar refractivity (Wildman–Crippen MR) is 140 cm³/mol. The topological polar surface area (TPSA) is 109 Å². The van der Waals surface area contributed by atoms with Crippen LogP contribution >= 0.6 is 0 Å². The van der Waals surface area contributed by atoms with Gasteiger partial charge in [0, 0.05) is 35.8 Å². The summed E-state index contributed by atoms with van der Waals surface area (Å²) >= 11 is 0. The zero-order chi connectivity index (χ0) is 25.8. The summed E-state index contributed by atoms with van der Waals surface area (Å²) in [6.07, 6.45) is 4.97. The molecule has 0 aliphatic heterocycles. The number of carbonyl (C=O) groups is 1. The van der Waals surface area contributed by atoms with Crippen LogP contribution in [0, 0.1) is 5.82 Å². The van der Waals surface area contributed by atoms with Gasteiger partial charge < -0.3 is 26.0 Å². The number of pyridine rings is 1. The van der Waals surface area contributed by atoms with Gasteiger partial charge in [-0.3, -0.25) is 4.79 Å². The molecule has 7 nitrogen and oxygen atoms in total. The predicted octanol–water partition coefficient (Wildman–Crippen LogP) is 4.87. The molecule has 2 fully saturated rings. The third-order valence-corrected chi connectivity index (χ3v) is 7.90. The zero-order valence-electron chi connectivity index (χ0n) is 20.8. The maximum absolute atomic E-state index is 15.5. The van der Waals surface area contributed by atoms with E-state index in [9.17, 15) is 14.7 Å². The highest BCUT2D eigenvalue weighted by atomic mass is 19.1. The van der Waals surface area contributed by atoms with Crippen molar-refractivity contribution in [3.05, 3.63) is 69.8 Å². The first-order valence-corrected chi connectivity index (χ1v) is 12.6. The first kappa shape index (κ1) is 24.3. The Morgan fingerprint density at radius 1 is 1.28 bits per heavy atom. The lowest BCUT2D eigenvalue weighted by atomic mass is 9.70. The van der Waals surface area contributed by atoms with Gasteiger partial charge in [-0.25, -0.2) is 9.18 Å². The van der Waals surface area contributed by atoms with Gasteiger partial charge in [0.25, 0.3) is 0 Å². The summed E-state index contributed by atoms with van der Waals surface area (Å²) in [5.74, 6) is -1.52. The van der Waals surface area contributed by atoms with Crippen LogP contribution in [-0.4, -0.2) is 33.3 Å². The normalized spacial score (nSPS) is 25.1. The minimum Gasteiger partial charge on any atom is -0.477 e. The molecule has 36 heavy (non-hydrogen) atoms. The molecule has 0 amide bonds. The number of hydrogen-bond donors (Lipinski definition) is 4. The Labute approximate surface area is 209 Å². The van der Waals surface area contributed by atoms with Crippen molar-refractivity contribution in [2.24, 2.45) is 0 Å². The molecule has 5 N–H and O–H groups in total. The highest BCUT2D eigenvalue weighted by molar-refractivity contribution is 5.99. The lowest BCUT2D eigenvalue weighted by Crippen LogP contribution is -2.58. The number of fused-ring (bicyclic) bond motifs is 1. The van der Waals surface area contributed by atoms with Crippen molar-refractivity contribution in [1.82, 2.24) is 9.88 Å². The smallest absolute Gasteiger partial charge is 0.341 e. The second-order valence-corrected chi connectivity index (χ2v) is 10.6. The Hall–Kier alpha value is -3.39.